The second-order valence-electron chi connectivity index (χ2n) is 4.51. The fourth-order valence-electron chi connectivity index (χ4n) is 1.74. The highest BCUT2D eigenvalue weighted by molar-refractivity contribution is 7.98. The van der Waals surface area contributed by atoms with Gasteiger partial charge in [-0.05, 0) is 31.9 Å². The van der Waals surface area contributed by atoms with Gasteiger partial charge in [0.15, 0.2) is 0 Å². The molecule has 1 rings (SSSR count). The number of aliphatic hydroxyl groups excluding tert-OH is 1. The van der Waals surface area contributed by atoms with E-state index in [0.717, 1.165) is 10.6 Å². The van der Waals surface area contributed by atoms with Crippen molar-refractivity contribution in [1.82, 2.24) is 4.90 Å². The number of anilines is 1. The van der Waals surface area contributed by atoms with Crippen LogP contribution in [0.5, 0.6) is 0 Å². The molecular formula is C14H22N2O2S. The van der Waals surface area contributed by atoms with Crippen molar-refractivity contribution >= 4 is 23.4 Å². The van der Waals surface area contributed by atoms with Crippen molar-refractivity contribution in [2.24, 2.45) is 0 Å². The van der Waals surface area contributed by atoms with Gasteiger partial charge in [0.05, 0.1) is 18.3 Å². The predicted molar refractivity (Wildman–Crippen MR) is 80.6 cm³/mol. The number of amides is 1. The zero-order chi connectivity index (χ0) is 14.3. The lowest BCUT2D eigenvalue weighted by Gasteiger charge is -2.19. The zero-order valence-corrected chi connectivity index (χ0v) is 12.5. The van der Waals surface area contributed by atoms with Crippen LogP contribution in [-0.2, 0) is 4.79 Å². The molecule has 0 radical (unpaired) electrons. The van der Waals surface area contributed by atoms with Gasteiger partial charge >= 0.3 is 0 Å². The first-order chi connectivity index (χ1) is 9.06. The fraction of sp³-hybridized carbons (Fsp3) is 0.500. The van der Waals surface area contributed by atoms with Crippen LogP contribution in [0, 0.1) is 0 Å². The van der Waals surface area contributed by atoms with Crippen molar-refractivity contribution in [3.05, 3.63) is 24.3 Å². The molecule has 1 atom stereocenters. The third kappa shape index (κ3) is 5.63. The van der Waals surface area contributed by atoms with Gasteiger partial charge < -0.3 is 10.4 Å². The summed E-state index contributed by atoms with van der Waals surface area (Å²) in [5.41, 5.74) is 0.837. The van der Waals surface area contributed by atoms with E-state index in [1.165, 1.54) is 0 Å². The van der Waals surface area contributed by atoms with E-state index in [-0.39, 0.29) is 18.6 Å². The Morgan fingerprint density at radius 1 is 1.47 bits per heavy atom. The predicted octanol–water partition coefficient (Wildman–Crippen LogP) is 2.05. The highest BCUT2D eigenvalue weighted by atomic mass is 32.2. The van der Waals surface area contributed by atoms with E-state index < -0.39 is 0 Å². The van der Waals surface area contributed by atoms with Crippen LogP contribution in [0.15, 0.2) is 29.2 Å². The standard InChI is InChI=1S/C14H22N2O2S/c1-4-11(17)9-16(2)10-14(18)15-12-7-5-6-8-13(12)19-3/h5-8,11,17H,4,9-10H2,1-3H3,(H,15,18). The van der Waals surface area contributed by atoms with Crippen molar-refractivity contribution in [2.45, 2.75) is 24.3 Å². The van der Waals surface area contributed by atoms with E-state index in [1.54, 1.807) is 11.8 Å². The monoisotopic (exact) mass is 282 g/mol. The molecule has 1 unspecified atom stereocenters. The number of hydrogen-bond acceptors (Lipinski definition) is 4. The Kier molecular flexibility index (Phi) is 6.91. The van der Waals surface area contributed by atoms with Crippen LogP contribution in [0.1, 0.15) is 13.3 Å². The molecule has 0 bridgehead atoms. The average molecular weight is 282 g/mol. The Bertz CT molecular complexity index is 412. The minimum absolute atomic E-state index is 0.0627. The topological polar surface area (TPSA) is 52.6 Å². The number of likely N-dealkylation sites (N-methyl/N-ethyl adjacent to an activating group) is 1. The minimum atomic E-state index is -0.378. The maximum Gasteiger partial charge on any atom is 0.238 e. The maximum absolute atomic E-state index is 11.9. The van der Waals surface area contributed by atoms with Crippen LogP contribution in [0.2, 0.25) is 0 Å². The van der Waals surface area contributed by atoms with E-state index in [0.29, 0.717) is 13.0 Å². The van der Waals surface area contributed by atoms with Crippen molar-refractivity contribution in [3.8, 4) is 0 Å². The molecule has 106 valence electrons. The average Bonchev–Trinajstić information content (AvgIpc) is 2.38. The summed E-state index contributed by atoms with van der Waals surface area (Å²) < 4.78 is 0. The third-order valence-corrected chi connectivity index (χ3v) is 3.58. The summed E-state index contributed by atoms with van der Waals surface area (Å²) in [7, 11) is 1.83. The number of nitrogens with zero attached hydrogens (tertiary/aromatic N) is 1. The lowest BCUT2D eigenvalue weighted by atomic mass is 10.2. The van der Waals surface area contributed by atoms with Gasteiger partial charge in [-0.3, -0.25) is 9.69 Å². The molecule has 0 aliphatic carbocycles. The second-order valence-corrected chi connectivity index (χ2v) is 5.36. The van der Waals surface area contributed by atoms with Crippen molar-refractivity contribution in [1.29, 1.82) is 0 Å². The molecule has 4 nitrogen and oxygen atoms in total. The molecule has 1 aromatic rings. The molecule has 19 heavy (non-hydrogen) atoms. The molecule has 2 N–H and O–H groups in total. The molecule has 0 aromatic heterocycles. The number of para-hydroxylation sites is 1. The molecule has 0 heterocycles. The van der Waals surface area contributed by atoms with Crippen LogP contribution >= 0.6 is 11.8 Å². The van der Waals surface area contributed by atoms with E-state index >= 15 is 0 Å². The fourth-order valence-corrected chi connectivity index (χ4v) is 2.29. The first-order valence-electron chi connectivity index (χ1n) is 6.36. The van der Waals surface area contributed by atoms with Crippen molar-refractivity contribution < 1.29 is 9.90 Å². The number of carbonyl (C=O) groups is 1. The van der Waals surface area contributed by atoms with E-state index in [4.69, 9.17) is 0 Å². The Labute approximate surface area is 119 Å². The van der Waals surface area contributed by atoms with E-state index in [1.807, 2.05) is 49.4 Å². The lowest BCUT2D eigenvalue weighted by molar-refractivity contribution is -0.117. The molecular weight excluding hydrogens is 260 g/mol. The summed E-state index contributed by atoms with van der Waals surface area (Å²) in [6, 6.07) is 7.72. The first kappa shape index (κ1) is 16.0. The number of thioether (sulfide) groups is 1. The van der Waals surface area contributed by atoms with E-state index in [2.05, 4.69) is 5.32 Å². The van der Waals surface area contributed by atoms with Gasteiger partial charge in [-0.2, -0.15) is 0 Å². The van der Waals surface area contributed by atoms with Gasteiger partial charge in [0.2, 0.25) is 5.91 Å². The number of benzene rings is 1. The molecule has 1 amide bonds. The maximum atomic E-state index is 11.9. The molecule has 1 aromatic carbocycles. The number of hydrogen-bond donors (Lipinski definition) is 2. The summed E-state index contributed by atoms with van der Waals surface area (Å²) in [4.78, 5) is 14.8. The van der Waals surface area contributed by atoms with Gasteiger partial charge in [-0.1, -0.05) is 19.1 Å². The molecule has 5 heteroatoms. The molecule has 0 aliphatic heterocycles. The lowest BCUT2D eigenvalue weighted by Crippen LogP contribution is -2.35. The molecule has 0 saturated carbocycles. The van der Waals surface area contributed by atoms with Gasteiger partial charge in [-0.15, -0.1) is 11.8 Å². The normalized spacial score (nSPS) is 12.5. The smallest absolute Gasteiger partial charge is 0.238 e. The highest BCUT2D eigenvalue weighted by Gasteiger charge is 2.11. The Morgan fingerprint density at radius 2 is 2.16 bits per heavy atom. The Morgan fingerprint density at radius 3 is 2.79 bits per heavy atom. The van der Waals surface area contributed by atoms with Gasteiger partial charge in [0.25, 0.3) is 0 Å². The first-order valence-corrected chi connectivity index (χ1v) is 7.58. The Hall–Kier alpha value is -1.04. The van der Waals surface area contributed by atoms with Crippen molar-refractivity contribution in [3.63, 3.8) is 0 Å². The van der Waals surface area contributed by atoms with E-state index in [9.17, 15) is 9.90 Å². The second kappa shape index (κ2) is 8.19. The van der Waals surface area contributed by atoms with Crippen LogP contribution in [0.25, 0.3) is 0 Å². The largest absolute Gasteiger partial charge is 0.392 e. The minimum Gasteiger partial charge on any atom is -0.392 e. The summed E-state index contributed by atoms with van der Waals surface area (Å²) in [6.07, 6.45) is 2.30. The number of rotatable bonds is 7. The van der Waals surface area contributed by atoms with Crippen LogP contribution < -0.4 is 5.32 Å². The summed E-state index contributed by atoms with van der Waals surface area (Å²) >= 11 is 1.60. The molecule has 0 fully saturated rings. The molecule has 0 aliphatic rings. The number of nitrogens with one attached hydrogen (secondary N) is 1. The van der Waals surface area contributed by atoms with Gasteiger partial charge in [0, 0.05) is 11.4 Å². The summed E-state index contributed by atoms with van der Waals surface area (Å²) in [6.45, 7) is 2.71. The summed E-state index contributed by atoms with van der Waals surface area (Å²) in [5.74, 6) is -0.0627. The highest BCUT2D eigenvalue weighted by Crippen LogP contribution is 2.24. The number of carbonyl (C=O) groups excluding carboxylic acids is 1. The Balaban J connectivity index is 2.51. The third-order valence-electron chi connectivity index (χ3n) is 2.79. The number of aliphatic hydroxyl groups is 1. The SMILES string of the molecule is CCC(O)CN(C)CC(=O)Nc1ccccc1SC. The van der Waals surface area contributed by atoms with Crippen molar-refractivity contribution in [2.75, 3.05) is 31.7 Å². The molecule has 0 spiro atoms. The van der Waals surface area contributed by atoms with Crippen LogP contribution in [0.4, 0.5) is 5.69 Å². The van der Waals surface area contributed by atoms with Crippen LogP contribution in [-0.4, -0.2) is 48.4 Å². The zero-order valence-electron chi connectivity index (χ0n) is 11.7. The molecule has 0 saturated heterocycles. The van der Waals surface area contributed by atoms with Crippen LogP contribution in [0.3, 0.4) is 0 Å². The van der Waals surface area contributed by atoms with Gasteiger partial charge in [-0.25, -0.2) is 0 Å². The quantitative estimate of drug-likeness (QED) is 0.752. The van der Waals surface area contributed by atoms with Gasteiger partial charge in [0.1, 0.15) is 0 Å². The summed E-state index contributed by atoms with van der Waals surface area (Å²) in [5, 5.41) is 12.4.